The first-order chi connectivity index (χ1) is 13.2. The van der Waals surface area contributed by atoms with Crippen molar-refractivity contribution in [3.05, 3.63) is 29.8 Å². The molecule has 0 radical (unpaired) electrons. The fourth-order valence-electron chi connectivity index (χ4n) is 3.26. The molecular formula is C19H25F3N4O2. The highest BCUT2D eigenvalue weighted by atomic mass is 19.4. The van der Waals surface area contributed by atoms with Gasteiger partial charge >= 0.3 is 6.18 Å². The molecule has 1 aliphatic carbocycles. The molecule has 0 spiro atoms. The number of alkyl halides is 3. The lowest BCUT2D eigenvalue weighted by Gasteiger charge is -2.37. The highest BCUT2D eigenvalue weighted by Gasteiger charge is 2.34. The van der Waals surface area contributed by atoms with E-state index in [0.717, 1.165) is 18.9 Å². The second-order valence-corrected chi connectivity index (χ2v) is 7.36. The van der Waals surface area contributed by atoms with E-state index in [-0.39, 0.29) is 24.2 Å². The summed E-state index contributed by atoms with van der Waals surface area (Å²) in [5.74, 6) is -0.456. The third-order valence-corrected chi connectivity index (χ3v) is 5.13. The molecule has 1 atom stereocenters. The van der Waals surface area contributed by atoms with Gasteiger partial charge in [-0.15, -0.1) is 0 Å². The van der Waals surface area contributed by atoms with Crippen molar-refractivity contribution < 1.29 is 22.8 Å². The summed E-state index contributed by atoms with van der Waals surface area (Å²) in [5.41, 5.74) is -1.09. The van der Waals surface area contributed by atoms with Crippen molar-refractivity contribution in [2.24, 2.45) is 0 Å². The second kappa shape index (κ2) is 8.48. The smallest absolute Gasteiger partial charge is 0.352 e. The summed E-state index contributed by atoms with van der Waals surface area (Å²) in [4.78, 5) is 28.3. The van der Waals surface area contributed by atoms with Crippen LogP contribution in [-0.4, -0.2) is 66.4 Å². The summed E-state index contributed by atoms with van der Waals surface area (Å²) in [5, 5.41) is 5.36. The predicted molar refractivity (Wildman–Crippen MR) is 98.7 cm³/mol. The molecule has 2 amide bonds. The van der Waals surface area contributed by atoms with Crippen LogP contribution < -0.4 is 10.6 Å². The number of carbonyl (C=O) groups is 2. The molecule has 2 aliphatic rings. The maximum Gasteiger partial charge on any atom is 0.418 e. The Bertz CT molecular complexity index is 713. The third-order valence-electron chi connectivity index (χ3n) is 5.13. The zero-order chi connectivity index (χ0) is 20.3. The molecule has 0 bridgehead atoms. The van der Waals surface area contributed by atoms with Gasteiger partial charge in [-0.2, -0.15) is 13.2 Å². The number of amides is 2. The van der Waals surface area contributed by atoms with Crippen molar-refractivity contribution >= 4 is 17.5 Å². The van der Waals surface area contributed by atoms with E-state index in [9.17, 15) is 22.8 Å². The fourth-order valence-corrected chi connectivity index (χ4v) is 3.26. The van der Waals surface area contributed by atoms with Crippen LogP contribution in [0.25, 0.3) is 0 Å². The van der Waals surface area contributed by atoms with Crippen LogP contribution in [0.2, 0.25) is 0 Å². The van der Waals surface area contributed by atoms with Gasteiger partial charge in [0.1, 0.15) is 0 Å². The lowest BCUT2D eigenvalue weighted by atomic mass is 10.1. The van der Waals surface area contributed by atoms with Crippen LogP contribution in [0, 0.1) is 0 Å². The van der Waals surface area contributed by atoms with E-state index >= 15 is 0 Å². The Balaban J connectivity index is 1.47. The molecule has 1 unspecified atom stereocenters. The van der Waals surface area contributed by atoms with Gasteiger partial charge in [0.05, 0.1) is 23.8 Å². The molecule has 1 aromatic carbocycles. The third kappa shape index (κ3) is 5.45. The van der Waals surface area contributed by atoms with Crippen LogP contribution in [0.5, 0.6) is 0 Å². The molecule has 3 rings (SSSR count). The average Bonchev–Trinajstić information content (AvgIpc) is 3.45. The van der Waals surface area contributed by atoms with E-state index in [4.69, 9.17) is 0 Å². The molecule has 1 saturated heterocycles. The summed E-state index contributed by atoms with van der Waals surface area (Å²) < 4.78 is 39.1. The van der Waals surface area contributed by atoms with E-state index in [1.807, 2.05) is 11.8 Å². The topological polar surface area (TPSA) is 64.7 Å². The predicted octanol–water partition coefficient (Wildman–Crippen LogP) is 1.93. The number of nitrogens with one attached hydrogen (secondary N) is 2. The molecule has 1 heterocycles. The zero-order valence-corrected chi connectivity index (χ0v) is 15.8. The molecule has 0 aromatic heterocycles. The summed E-state index contributed by atoms with van der Waals surface area (Å²) in [6.45, 7) is 4.30. The Kier molecular flexibility index (Phi) is 6.24. The van der Waals surface area contributed by atoms with Crippen molar-refractivity contribution in [2.75, 3.05) is 38.0 Å². The highest BCUT2D eigenvalue weighted by Crippen LogP contribution is 2.34. The largest absolute Gasteiger partial charge is 0.418 e. The highest BCUT2D eigenvalue weighted by molar-refractivity contribution is 5.93. The van der Waals surface area contributed by atoms with Gasteiger partial charge in [0.25, 0.3) is 0 Å². The number of hydrogen-bond acceptors (Lipinski definition) is 4. The van der Waals surface area contributed by atoms with Gasteiger partial charge in [-0.1, -0.05) is 12.1 Å². The van der Waals surface area contributed by atoms with Gasteiger partial charge in [0.2, 0.25) is 11.8 Å². The van der Waals surface area contributed by atoms with Crippen LogP contribution >= 0.6 is 0 Å². The van der Waals surface area contributed by atoms with E-state index in [2.05, 4.69) is 15.5 Å². The molecule has 1 saturated carbocycles. The Morgan fingerprint density at radius 1 is 1.14 bits per heavy atom. The first kappa shape index (κ1) is 20.6. The van der Waals surface area contributed by atoms with Gasteiger partial charge in [-0.3, -0.25) is 19.4 Å². The lowest BCUT2D eigenvalue weighted by molar-refractivity contribution is -0.137. The summed E-state index contributed by atoms with van der Waals surface area (Å²) in [6.07, 6.45) is -2.44. The van der Waals surface area contributed by atoms with Gasteiger partial charge in [0.15, 0.2) is 0 Å². The monoisotopic (exact) mass is 398 g/mol. The first-order valence-corrected chi connectivity index (χ1v) is 9.47. The minimum Gasteiger partial charge on any atom is -0.352 e. The van der Waals surface area contributed by atoms with Crippen molar-refractivity contribution in [1.82, 2.24) is 15.1 Å². The van der Waals surface area contributed by atoms with Crippen molar-refractivity contribution in [3.63, 3.8) is 0 Å². The van der Waals surface area contributed by atoms with E-state index in [0.29, 0.717) is 32.2 Å². The lowest BCUT2D eigenvalue weighted by Crippen LogP contribution is -2.55. The Morgan fingerprint density at radius 2 is 1.79 bits per heavy atom. The van der Waals surface area contributed by atoms with E-state index in [1.165, 1.54) is 18.2 Å². The maximum absolute atomic E-state index is 13.0. The Labute approximate surface area is 162 Å². The standard InChI is InChI=1S/C19H25F3N4O2/c1-13(18(28)23-14-6-7-14)26-10-8-25(9-11-26)12-17(27)24-16-5-3-2-4-15(16)19(20,21)22/h2-5,13-14H,6-12H2,1H3,(H,23,28)(H,24,27). The molecule has 9 heteroatoms. The number of carbonyl (C=O) groups excluding carboxylic acids is 2. The van der Waals surface area contributed by atoms with E-state index < -0.39 is 17.6 Å². The SMILES string of the molecule is CC(C(=O)NC1CC1)N1CCN(CC(=O)Nc2ccccc2C(F)(F)F)CC1. The van der Waals surface area contributed by atoms with Crippen molar-refractivity contribution in [1.29, 1.82) is 0 Å². The number of hydrogen-bond donors (Lipinski definition) is 2. The van der Waals surface area contributed by atoms with Crippen LogP contribution in [-0.2, 0) is 15.8 Å². The van der Waals surface area contributed by atoms with Crippen LogP contribution in [0.3, 0.4) is 0 Å². The summed E-state index contributed by atoms with van der Waals surface area (Å²) in [7, 11) is 0. The quantitative estimate of drug-likeness (QED) is 0.769. The molecule has 28 heavy (non-hydrogen) atoms. The van der Waals surface area contributed by atoms with Gasteiger partial charge in [0, 0.05) is 32.2 Å². The average molecular weight is 398 g/mol. The number of nitrogens with zero attached hydrogens (tertiary/aromatic N) is 2. The van der Waals surface area contributed by atoms with Gasteiger partial charge in [-0.25, -0.2) is 0 Å². The van der Waals surface area contributed by atoms with Crippen molar-refractivity contribution in [3.8, 4) is 0 Å². The summed E-state index contributed by atoms with van der Waals surface area (Å²) >= 11 is 0. The Hall–Kier alpha value is -2.13. The van der Waals surface area contributed by atoms with Crippen LogP contribution in [0.15, 0.2) is 24.3 Å². The normalized spacial score (nSPS) is 19.9. The molecule has 1 aliphatic heterocycles. The molecular weight excluding hydrogens is 373 g/mol. The summed E-state index contributed by atoms with van der Waals surface area (Å²) in [6, 6.07) is 5.03. The first-order valence-electron chi connectivity index (χ1n) is 9.47. The maximum atomic E-state index is 13.0. The number of piperazine rings is 1. The molecule has 2 fully saturated rings. The van der Waals surface area contributed by atoms with Crippen LogP contribution in [0.4, 0.5) is 18.9 Å². The molecule has 1 aromatic rings. The van der Waals surface area contributed by atoms with Gasteiger partial charge in [-0.05, 0) is 31.9 Å². The van der Waals surface area contributed by atoms with Crippen LogP contribution in [0.1, 0.15) is 25.3 Å². The second-order valence-electron chi connectivity index (χ2n) is 7.36. The molecule has 6 nitrogen and oxygen atoms in total. The number of halogens is 3. The number of rotatable bonds is 6. The fraction of sp³-hybridized carbons (Fsp3) is 0.579. The zero-order valence-electron chi connectivity index (χ0n) is 15.8. The molecule has 2 N–H and O–H groups in total. The van der Waals surface area contributed by atoms with Gasteiger partial charge < -0.3 is 10.6 Å². The minimum atomic E-state index is -4.52. The number of para-hydroxylation sites is 1. The van der Waals surface area contributed by atoms with E-state index in [1.54, 1.807) is 0 Å². The van der Waals surface area contributed by atoms with Crippen molar-refractivity contribution in [2.45, 2.75) is 38.0 Å². The minimum absolute atomic E-state index is 0.0166. The molecule has 154 valence electrons. The number of benzene rings is 1. The Morgan fingerprint density at radius 3 is 2.39 bits per heavy atom. The number of anilines is 1.